The minimum absolute atomic E-state index is 0.124. The fraction of sp³-hybridized carbons (Fsp3) is 0.261. The summed E-state index contributed by atoms with van der Waals surface area (Å²) in [7, 11) is 1.52. The molecular weight excluding hydrogens is 469 g/mol. The molecule has 3 aromatic rings. The van der Waals surface area contributed by atoms with E-state index in [1.807, 2.05) is 24.3 Å². The van der Waals surface area contributed by atoms with Crippen molar-refractivity contribution in [3.63, 3.8) is 0 Å². The minimum Gasteiger partial charge on any atom is -0.479 e. The summed E-state index contributed by atoms with van der Waals surface area (Å²) in [5.74, 6) is -1.89. The Bertz CT molecular complexity index is 1130. The van der Waals surface area contributed by atoms with Crippen molar-refractivity contribution in [3.8, 4) is 11.1 Å². The van der Waals surface area contributed by atoms with Crippen LogP contribution in [0.15, 0.2) is 48.5 Å². The number of carboxylic acid groups (broad SMARTS) is 1. The van der Waals surface area contributed by atoms with Gasteiger partial charge >= 0.3 is 5.97 Å². The standard InChI is InChI=1S/C23H23Cl2N3O5/c1-33-12-18-10-20(28-27-18)22(30)26-17(11-21(29)23(31)32)8-15-6-5-14(9-19(15)25)13-3-2-4-16(24)7-13/h2-7,9-10,17,21,29H,8,11-12H2,1H3,(H,26,30)(H,27,28)(H,31,32)/t17-,21-/m1/s1. The van der Waals surface area contributed by atoms with Gasteiger partial charge in [-0.3, -0.25) is 9.89 Å². The largest absolute Gasteiger partial charge is 0.479 e. The molecule has 33 heavy (non-hydrogen) atoms. The molecule has 3 rings (SSSR count). The number of ether oxygens (including phenoxy) is 1. The van der Waals surface area contributed by atoms with Crippen molar-refractivity contribution in [3.05, 3.63) is 75.5 Å². The number of methoxy groups -OCH3 is 1. The highest BCUT2D eigenvalue weighted by Gasteiger charge is 2.24. The first-order chi connectivity index (χ1) is 15.8. The average Bonchev–Trinajstić information content (AvgIpc) is 3.24. The Labute approximate surface area is 200 Å². The van der Waals surface area contributed by atoms with Crippen molar-refractivity contribution < 1.29 is 24.5 Å². The van der Waals surface area contributed by atoms with Crippen LogP contribution in [-0.4, -0.2) is 51.5 Å². The molecule has 2 aromatic carbocycles. The topological polar surface area (TPSA) is 125 Å². The van der Waals surface area contributed by atoms with Crippen LogP contribution in [0.1, 0.15) is 28.2 Å². The van der Waals surface area contributed by atoms with Crippen LogP contribution in [0.5, 0.6) is 0 Å². The molecule has 0 spiro atoms. The number of aromatic nitrogens is 2. The Morgan fingerprint density at radius 2 is 1.91 bits per heavy atom. The molecule has 0 saturated carbocycles. The smallest absolute Gasteiger partial charge is 0.332 e. The van der Waals surface area contributed by atoms with Gasteiger partial charge in [-0.15, -0.1) is 0 Å². The lowest BCUT2D eigenvalue weighted by Gasteiger charge is -2.21. The number of amides is 1. The maximum Gasteiger partial charge on any atom is 0.332 e. The summed E-state index contributed by atoms with van der Waals surface area (Å²) in [5, 5.41) is 29.4. The summed E-state index contributed by atoms with van der Waals surface area (Å²) < 4.78 is 5.00. The Kier molecular flexibility index (Phi) is 8.46. The zero-order chi connectivity index (χ0) is 24.0. The first kappa shape index (κ1) is 24.7. The molecule has 174 valence electrons. The quantitative estimate of drug-likeness (QED) is 0.342. The number of aliphatic carboxylic acids is 1. The van der Waals surface area contributed by atoms with Crippen LogP contribution in [-0.2, 0) is 22.6 Å². The van der Waals surface area contributed by atoms with Crippen LogP contribution in [0.2, 0.25) is 10.0 Å². The molecule has 0 aliphatic heterocycles. The number of carbonyl (C=O) groups is 2. The van der Waals surface area contributed by atoms with Gasteiger partial charge in [0, 0.05) is 29.6 Å². The van der Waals surface area contributed by atoms with Crippen LogP contribution in [0.4, 0.5) is 0 Å². The first-order valence-corrected chi connectivity index (χ1v) is 10.8. The van der Waals surface area contributed by atoms with E-state index in [9.17, 15) is 14.7 Å². The van der Waals surface area contributed by atoms with Crippen molar-refractivity contribution in [2.45, 2.75) is 31.6 Å². The van der Waals surface area contributed by atoms with Crippen molar-refractivity contribution in [1.29, 1.82) is 0 Å². The number of H-pyrrole nitrogens is 1. The number of rotatable bonds is 10. The van der Waals surface area contributed by atoms with E-state index in [2.05, 4.69) is 15.5 Å². The van der Waals surface area contributed by atoms with E-state index in [4.69, 9.17) is 33.0 Å². The molecule has 0 saturated heterocycles. The third-order valence-electron chi connectivity index (χ3n) is 4.97. The molecule has 1 aromatic heterocycles. The number of aliphatic hydroxyl groups is 1. The predicted octanol–water partition coefficient (Wildman–Crippen LogP) is 3.71. The summed E-state index contributed by atoms with van der Waals surface area (Å²) in [6.45, 7) is 0.260. The van der Waals surface area contributed by atoms with Crippen LogP contribution < -0.4 is 5.32 Å². The monoisotopic (exact) mass is 491 g/mol. The summed E-state index contributed by atoms with van der Waals surface area (Å²) in [5.41, 5.74) is 3.18. The summed E-state index contributed by atoms with van der Waals surface area (Å²) in [6, 6.07) is 13.6. The molecule has 0 unspecified atom stereocenters. The van der Waals surface area contributed by atoms with E-state index < -0.39 is 24.0 Å². The fourth-order valence-electron chi connectivity index (χ4n) is 3.36. The predicted molar refractivity (Wildman–Crippen MR) is 124 cm³/mol. The zero-order valence-corrected chi connectivity index (χ0v) is 19.2. The van der Waals surface area contributed by atoms with Gasteiger partial charge < -0.3 is 20.3 Å². The highest BCUT2D eigenvalue weighted by molar-refractivity contribution is 6.32. The van der Waals surface area contributed by atoms with Gasteiger partial charge in [-0.1, -0.05) is 47.5 Å². The van der Waals surface area contributed by atoms with Gasteiger partial charge in [0.1, 0.15) is 5.69 Å². The van der Waals surface area contributed by atoms with Gasteiger partial charge in [0.05, 0.1) is 12.3 Å². The van der Waals surface area contributed by atoms with Crippen LogP contribution >= 0.6 is 23.2 Å². The average molecular weight is 492 g/mol. The Balaban J connectivity index is 1.79. The number of hydrogen-bond donors (Lipinski definition) is 4. The minimum atomic E-state index is -1.65. The van der Waals surface area contributed by atoms with Crippen molar-refractivity contribution in [2.24, 2.45) is 0 Å². The number of carboxylic acids is 1. The third kappa shape index (κ3) is 6.79. The number of hydrogen-bond acceptors (Lipinski definition) is 5. The van der Waals surface area contributed by atoms with Gasteiger partial charge in [-0.2, -0.15) is 5.10 Å². The van der Waals surface area contributed by atoms with Crippen LogP contribution in [0.3, 0.4) is 0 Å². The normalized spacial score (nSPS) is 12.8. The lowest BCUT2D eigenvalue weighted by Crippen LogP contribution is -2.40. The lowest BCUT2D eigenvalue weighted by atomic mass is 9.97. The second kappa shape index (κ2) is 11.3. The summed E-state index contributed by atoms with van der Waals surface area (Å²) >= 11 is 12.6. The molecule has 0 aliphatic carbocycles. The molecular formula is C23H23Cl2N3O5. The SMILES string of the molecule is COCc1cc(C(=O)N[C@H](Cc2ccc(-c3cccc(Cl)c3)cc2Cl)C[C@@H](O)C(=O)O)n[nH]1. The molecule has 0 radical (unpaired) electrons. The van der Waals surface area contributed by atoms with Gasteiger partial charge in [-0.25, -0.2) is 4.79 Å². The fourth-order valence-corrected chi connectivity index (χ4v) is 3.80. The van der Waals surface area contributed by atoms with Gasteiger partial charge in [0.15, 0.2) is 6.10 Å². The third-order valence-corrected chi connectivity index (χ3v) is 5.56. The maximum atomic E-state index is 12.7. The molecule has 0 bridgehead atoms. The number of aromatic amines is 1. The molecule has 0 aliphatic rings. The van der Waals surface area contributed by atoms with Crippen LogP contribution in [0, 0.1) is 0 Å². The van der Waals surface area contributed by atoms with E-state index in [-0.39, 0.29) is 25.1 Å². The zero-order valence-electron chi connectivity index (χ0n) is 17.7. The first-order valence-electron chi connectivity index (χ1n) is 10.1. The number of benzene rings is 2. The van der Waals surface area contributed by atoms with E-state index >= 15 is 0 Å². The van der Waals surface area contributed by atoms with E-state index in [1.165, 1.54) is 13.2 Å². The number of aliphatic hydroxyl groups excluding tert-OH is 1. The molecule has 0 fully saturated rings. The number of carbonyl (C=O) groups excluding carboxylic acids is 1. The second-order valence-electron chi connectivity index (χ2n) is 7.49. The Hall–Kier alpha value is -2.91. The van der Waals surface area contributed by atoms with Crippen LogP contribution in [0.25, 0.3) is 11.1 Å². The van der Waals surface area contributed by atoms with Crippen molar-refractivity contribution in [2.75, 3.05) is 7.11 Å². The Morgan fingerprint density at radius 3 is 2.58 bits per heavy atom. The van der Waals surface area contributed by atoms with Crippen molar-refractivity contribution >= 4 is 35.1 Å². The van der Waals surface area contributed by atoms with E-state index in [1.54, 1.807) is 18.2 Å². The highest BCUT2D eigenvalue weighted by atomic mass is 35.5. The number of nitrogens with zero attached hydrogens (tertiary/aromatic N) is 1. The highest BCUT2D eigenvalue weighted by Crippen LogP contribution is 2.28. The number of nitrogens with one attached hydrogen (secondary N) is 2. The summed E-state index contributed by atoms with van der Waals surface area (Å²) in [4.78, 5) is 23.8. The second-order valence-corrected chi connectivity index (χ2v) is 8.34. The molecule has 8 nitrogen and oxygen atoms in total. The lowest BCUT2D eigenvalue weighted by molar-refractivity contribution is -0.147. The molecule has 1 heterocycles. The molecule has 4 N–H and O–H groups in total. The molecule has 2 atom stereocenters. The van der Waals surface area contributed by atoms with E-state index in [0.29, 0.717) is 21.3 Å². The molecule has 1 amide bonds. The van der Waals surface area contributed by atoms with Gasteiger partial charge in [-0.05, 0) is 47.4 Å². The molecule has 10 heteroatoms. The van der Waals surface area contributed by atoms with Crippen molar-refractivity contribution in [1.82, 2.24) is 15.5 Å². The maximum absolute atomic E-state index is 12.7. The van der Waals surface area contributed by atoms with Gasteiger partial charge in [0.2, 0.25) is 0 Å². The Morgan fingerprint density at radius 1 is 1.15 bits per heavy atom. The number of halogens is 2. The van der Waals surface area contributed by atoms with E-state index in [0.717, 1.165) is 11.1 Å². The summed E-state index contributed by atoms with van der Waals surface area (Å²) in [6.07, 6.45) is -1.65. The van der Waals surface area contributed by atoms with Gasteiger partial charge in [0.25, 0.3) is 5.91 Å².